The molecular formula is C19H18N4O3. The predicted octanol–water partition coefficient (Wildman–Crippen LogP) is 2.40. The molecule has 26 heavy (non-hydrogen) atoms. The molecule has 2 atom stereocenters. The number of rotatable bonds is 5. The number of ether oxygens (including phenoxy) is 1. The van der Waals surface area contributed by atoms with E-state index in [1.165, 1.54) is 12.7 Å². The van der Waals surface area contributed by atoms with Gasteiger partial charge in [-0.1, -0.05) is 6.07 Å². The van der Waals surface area contributed by atoms with E-state index in [0.717, 1.165) is 5.69 Å². The zero-order chi connectivity index (χ0) is 17.8. The lowest BCUT2D eigenvalue weighted by Gasteiger charge is -2.17. The van der Waals surface area contributed by atoms with E-state index in [2.05, 4.69) is 15.0 Å². The normalized spacial score (nSPS) is 19.5. The van der Waals surface area contributed by atoms with Crippen molar-refractivity contribution in [2.45, 2.75) is 5.92 Å². The third-order valence-electron chi connectivity index (χ3n) is 4.55. The summed E-state index contributed by atoms with van der Waals surface area (Å²) in [6.45, 7) is 1.63. The standard InChI is InChI=1S/C19H18N4O3/c24-19(18-12-25-13-22-18)23-9-14(11-26-15-4-3-6-20-8-15)16(10-23)17-5-1-2-7-21-17/h1-8,12-14,16H,9-11H2. The Bertz CT molecular complexity index is 840. The topological polar surface area (TPSA) is 81.4 Å². The van der Waals surface area contributed by atoms with Gasteiger partial charge in [-0.3, -0.25) is 14.8 Å². The maximum Gasteiger partial charge on any atom is 0.275 e. The first-order chi connectivity index (χ1) is 12.8. The SMILES string of the molecule is O=C(c1cocn1)N1CC(COc2cccnc2)C(c2ccccn2)C1. The van der Waals surface area contributed by atoms with Crippen LogP contribution in [-0.4, -0.2) is 45.5 Å². The Hall–Kier alpha value is -3.22. The largest absolute Gasteiger partial charge is 0.492 e. The van der Waals surface area contributed by atoms with E-state index in [1.807, 2.05) is 30.3 Å². The van der Waals surface area contributed by atoms with Crippen molar-refractivity contribution >= 4 is 5.91 Å². The number of amides is 1. The summed E-state index contributed by atoms with van der Waals surface area (Å²) in [6.07, 6.45) is 7.80. The second kappa shape index (κ2) is 7.35. The van der Waals surface area contributed by atoms with Crippen molar-refractivity contribution in [2.24, 2.45) is 5.92 Å². The highest BCUT2D eigenvalue weighted by molar-refractivity contribution is 5.92. The molecule has 4 heterocycles. The van der Waals surface area contributed by atoms with Crippen molar-refractivity contribution in [3.8, 4) is 5.75 Å². The van der Waals surface area contributed by atoms with Gasteiger partial charge in [0.15, 0.2) is 12.1 Å². The van der Waals surface area contributed by atoms with Crippen LogP contribution in [0.4, 0.5) is 0 Å². The van der Waals surface area contributed by atoms with Crippen molar-refractivity contribution in [2.75, 3.05) is 19.7 Å². The molecular weight excluding hydrogens is 332 g/mol. The van der Waals surface area contributed by atoms with Gasteiger partial charge in [0, 0.05) is 43.0 Å². The summed E-state index contributed by atoms with van der Waals surface area (Å²) < 4.78 is 10.8. The lowest BCUT2D eigenvalue weighted by atomic mass is 9.93. The van der Waals surface area contributed by atoms with Gasteiger partial charge >= 0.3 is 0 Å². The summed E-state index contributed by atoms with van der Waals surface area (Å²) in [7, 11) is 0. The van der Waals surface area contributed by atoms with Gasteiger partial charge in [-0.25, -0.2) is 4.98 Å². The summed E-state index contributed by atoms with van der Waals surface area (Å²) in [4.78, 5) is 26.9. The first kappa shape index (κ1) is 16.3. The van der Waals surface area contributed by atoms with Gasteiger partial charge in [0.2, 0.25) is 0 Å². The van der Waals surface area contributed by atoms with Gasteiger partial charge in [0.1, 0.15) is 12.0 Å². The number of likely N-dealkylation sites (tertiary alicyclic amines) is 1. The number of hydrogen-bond acceptors (Lipinski definition) is 6. The van der Waals surface area contributed by atoms with E-state index in [1.54, 1.807) is 23.5 Å². The van der Waals surface area contributed by atoms with Gasteiger partial charge in [0.05, 0.1) is 12.8 Å². The number of oxazole rings is 1. The van der Waals surface area contributed by atoms with Crippen LogP contribution in [0.1, 0.15) is 22.1 Å². The Morgan fingerprint density at radius 3 is 2.88 bits per heavy atom. The van der Waals surface area contributed by atoms with Crippen LogP contribution in [0.2, 0.25) is 0 Å². The van der Waals surface area contributed by atoms with E-state index >= 15 is 0 Å². The number of hydrogen-bond donors (Lipinski definition) is 0. The second-order valence-corrected chi connectivity index (χ2v) is 6.20. The van der Waals surface area contributed by atoms with Crippen LogP contribution in [-0.2, 0) is 0 Å². The summed E-state index contributed by atoms with van der Waals surface area (Å²) >= 11 is 0. The number of carbonyl (C=O) groups excluding carboxylic acids is 1. The molecule has 7 nitrogen and oxygen atoms in total. The predicted molar refractivity (Wildman–Crippen MR) is 92.6 cm³/mol. The van der Waals surface area contributed by atoms with Crippen LogP contribution in [0.5, 0.6) is 5.75 Å². The molecule has 0 aliphatic carbocycles. The molecule has 0 aromatic carbocycles. The molecule has 0 N–H and O–H groups in total. The van der Waals surface area contributed by atoms with E-state index in [4.69, 9.17) is 9.15 Å². The average molecular weight is 350 g/mol. The highest BCUT2D eigenvalue weighted by atomic mass is 16.5. The minimum Gasteiger partial charge on any atom is -0.492 e. The lowest BCUT2D eigenvalue weighted by Crippen LogP contribution is -2.29. The van der Waals surface area contributed by atoms with Gasteiger partial charge in [-0.15, -0.1) is 0 Å². The fraction of sp³-hybridized carbons (Fsp3) is 0.263. The van der Waals surface area contributed by atoms with Crippen LogP contribution in [0.3, 0.4) is 0 Å². The van der Waals surface area contributed by atoms with Gasteiger partial charge < -0.3 is 14.1 Å². The maximum absolute atomic E-state index is 12.6. The molecule has 0 saturated carbocycles. The van der Waals surface area contributed by atoms with Crippen molar-refractivity contribution in [1.82, 2.24) is 19.9 Å². The summed E-state index contributed by atoms with van der Waals surface area (Å²) in [5, 5.41) is 0. The van der Waals surface area contributed by atoms with E-state index in [9.17, 15) is 4.79 Å². The maximum atomic E-state index is 12.6. The Morgan fingerprint density at radius 1 is 1.19 bits per heavy atom. The average Bonchev–Trinajstić information content (AvgIpc) is 3.37. The first-order valence-electron chi connectivity index (χ1n) is 8.42. The fourth-order valence-electron chi connectivity index (χ4n) is 3.25. The summed E-state index contributed by atoms with van der Waals surface area (Å²) in [6, 6.07) is 9.55. The van der Waals surface area contributed by atoms with Crippen molar-refractivity contribution < 1.29 is 13.9 Å². The molecule has 0 spiro atoms. The molecule has 3 aromatic rings. The lowest BCUT2D eigenvalue weighted by molar-refractivity contribution is 0.0776. The van der Waals surface area contributed by atoms with E-state index in [-0.39, 0.29) is 17.7 Å². The molecule has 1 aliphatic heterocycles. The van der Waals surface area contributed by atoms with Crippen LogP contribution >= 0.6 is 0 Å². The Kier molecular flexibility index (Phi) is 4.59. The van der Waals surface area contributed by atoms with E-state index in [0.29, 0.717) is 31.1 Å². The van der Waals surface area contributed by atoms with Gasteiger partial charge in [-0.2, -0.15) is 0 Å². The molecule has 2 unspecified atom stereocenters. The number of pyridine rings is 2. The molecule has 1 saturated heterocycles. The molecule has 7 heteroatoms. The quantitative estimate of drug-likeness (QED) is 0.703. The molecule has 1 amide bonds. The third-order valence-corrected chi connectivity index (χ3v) is 4.55. The highest BCUT2D eigenvalue weighted by Crippen LogP contribution is 2.32. The van der Waals surface area contributed by atoms with Gasteiger partial charge in [0.25, 0.3) is 5.91 Å². The first-order valence-corrected chi connectivity index (χ1v) is 8.42. The van der Waals surface area contributed by atoms with Gasteiger partial charge in [-0.05, 0) is 24.3 Å². The van der Waals surface area contributed by atoms with E-state index < -0.39 is 0 Å². The molecule has 3 aromatic heterocycles. The fourth-order valence-corrected chi connectivity index (χ4v) is 3.25. The molecule has 1 fully saturated rings. The highest BCUT2D eigenvalue weighted by Gasteiger charge is 2.38. The smallest absolute Gasteiger partial charge is 0.275 e. The number of carbonyl (C=O) groups is 1. The minimum absolute atomic E-state index is 0.101. The van der Waals surface area contributed by atoms with Crippen LogP contribution < -0.4 is 4.74 Å². The van der Waals surface area contributed by atoms with Crippen LogP contribution in [0.15, 0.2) is 66.0 Å². The van der Waals surface area contributed by atoms with Crippen molar-refractivity contribution in [3.05, 3.63) is 73.0 Å². The molecule has 0 radical (unpaired) electrons. The molecule has 1 aliphatic rings. The Morgan fingerprint density at radius 2 is 2.15 bits per heavy atom. The van der Waals surface area contributed by atoms with Crippen molar-refractivity contribution in [1.29, 1.82) is 0 Å². The molecule has 4 rings (SSSR count). The summed E-state index contributed by atoms with van der Waals surface area (Å²) in [5.74, 6) is 0.807. The molecule has 132 valence electrons. The Labute approximate surface area is 150 Å². The number of nitrogens with zero attached hydrogens (tertiary/aromatic N) is 4. The van der Waals surface area contributed by atoms with Crippen molar-refractivity contribution in [3.63, 3.8) is 0 Å². The molecule has 0 bridgehead atoms. The minimum atomic E-state index is -0.136. The van der Waals surface area contributed by atoms with Crippen LogP contribution in [0.25, 0.3) is 0 Å². The van der Waals surface area contributed by atoms with Crippen LogP contribution in [0, 0.1) is 5.92 Å². The number of aromatic nitrogens is 3. The monoisotopic (exact) mass is 350 g/mol. The zero-order valence-electron chi connectivity index (χ0n) is 14.1. The second-order valence-electron chi connectivity index (χ2n) is 6.20. The summed E-state index contributed by atoms with van der Waals surface area (Å²) in [5.41, 5.74) is 1.28. The third kappa shape index (κ3) is 3.42. The zero-order valence-corrected chi connectivity index (χ0v) is 14.1. The Balaban J connectivity index is 1.52.